The van der Waals surface area contributed by atoms with Gasteiger partial charge in [0, 0.05) is 38.0 Å². The van der Waals surface area contributed by atoms with Gasteiger partial charge in [-0.25, -0.2) is 0 Å². The molecule has 3 rings (SSSR count). The third-order valence-corrected chi connectivity index (χ3v) is 4.23. The van der Waals surface area contributed by atoms with Crippen LogP contribution in [0.15, 0.2) is 36.5 Å². The Balaban J connectivity index is 1.65. The van der Waals surface area contributed by atoms with Crippen molar-refractivity contribution in [1.29, 1.82) is 0 Å². The highest BCUT2D eigenvalue weighted by Gasteiger charge is 2.21. The summed E-state index contributed by atoms with van der Waals surface area (Å²) in [5.41, 5.74) is 2.79. The zero-order valence-corrected chi connectivity index (χ0v) is 14.3. The van der Waals surface area contributed by atoms with Crippen molar-refractivity contribution in [2.24, 2.45) is 5.92 Å². The molecule has 5 nitrogen and oxygen atoms in total. The maximum Gasteiger partial charge on any atom is 0.254 e. The Bertz CT molecular complexity index is 726. The zero-order valence-electron chi connectivity index (χ0n) is 14.3. The van der Waals surface area contributed by atoms with E-state index in [1.54, 1.807) is 32.3 Å². The summed E-state index contributed by atoms with van der Waals surface area (Å²) in [6.45, 7) is 0.667. The molecule has 1 aliphatic rings. The molecule has 1 atom stereocenters. The first-order valence-electron chi connectivity index (χ1n) is 8.03. The average Bonchev–Trinajstić information content (AvgIpc) is 2.61. The number of benzene rings is 1. The van der Waals surface area contributed by atoms with Crippen molar-refractivity contribution in [3.05, 3.63) is 53.3 Å². The highest BCUT2D eigenvalue weighted by atomic mass is 16.5. The molecule has 5 heteroatoms. The van der Waals surface area contributed by atoms with E-state index in [4.69, 9.17) is 9.47 Å². The minimum atomic E-state index is -0.0297. The van der Waals surface area contributed by atoms with Crippen LogP contribution in [0.25, 0.3) is 0 Å². The predicted octanol–water partition coefficient (Wildman–Crippen LogP) is 2.59. The molecule has 0 fully saturated rings. The Morgan fingerprint density at radius 2 is 2.17 bits per heavy atom. The second-order valence-electron chi connectivity index (χ2n) is 6.30. The van der Waals surface area contributed by atoms with Gasteiger partial charge < -0.3 is 14.4 Å². The number of hydrogen-bond acceptors (Lipinski definition) is 4. The summed E-state index contributed by atoms with van der Waals surface area (Å²) in [6.07, 6.45) is 3.45. The Labute approximate surface area is 142 Å². The van der Waals surface area contributed by atoms with Gasteiger partial charge in [0.05, 0.1) is 19.3 Å². The Morgan fingerprint density at radius 1 is 1.33 bits per heavy atom. The van der Waals surface area contributed by atoms with Crippen LogP contribution in [-0.2, 0) is 12.8 Å². The first-order chi connectivity index (χ1) is 11.6. The Morgan fingerprint density at radius 3 is 2.83 bits per heavy atom. The van der Waals surface area contributed by atoms with Crippen molar-refractivity contribution in [1.82, 2.24) is 9.88 Å². The van der Waals surface area contributed by atoms with Gasteiger partial charge >= 0.3 is 0 Å². The van der Waals surface area contributed by atoms with E-state index in [-0.39, 0.29) is 5.91 Å². The van der Waals surface area contributed by atoms with Crippen LogP contribution in [-0.4, -0.2) is 43.6 Å². The maximum absolute atomic E-state index is 11.9. The molecule has 1 amide bonds. The number of nitrogens with zero attached hydrogens (tertiary/aromatic N) is 2. The number of fused-ring (bicyclic) bond motifs is 1. The van der Waals surface area contributed by atoms with Gasteiger partial charge in [-0.2, -0.15) is 0 Å². The van der Waals surface area contributed by atoms with Crippen molar-refractivity contribution < 1.29 is 14.3 Å². The first-order valence-corrected chi connectivity index (χ1v) is 8.03. The number of hydrogen-bond donors (Lipinski definition) is 0. The molecule has 0 saturated heterocycles. The third kappa shape index (κ3) is 3.50. The summed E-state index contributed by atoms with van der Waals surface area (Å²) in [6, 6.07) is 9.73. The van der Waals surface area contributed by atoms with Gasteiger partial charge in [-0.3, -0.25) is 9.78 Å². The molecule has 1 unspecified atom stereocenters. The molecule has 0 radical (unpaired) electrons. The minimum absolute atomic E-state index is 0.0297. The van der Waals surface area contributed by atoms with Gasteiger partial charge in [0.2, 0.25) is 0 Å². The normalized spacial score (nSPS) is 16.0. The molecule has 1 aliphatic heterocycles. The average molecular weight is 326 g/mol. The maximum atomic E-state index is 11.9. The van der Waals surface area contributed by atoms with Crippen molar-refractivity contribution in [2.75, 3.05) is 27.8 Å². The lowest BCUT2D eigenvalue weighted by atomic mass is 9.92. The van der Waals surface area contributed by atoms with E-state index in [2.05, 4.69) is 11.1 Å². The quantitative estimate of drug-likeness (QED) is 0.866. The van der Waals surface area contributed by atoms with E-state index in [9.17, 15) is 4.79 Å². The standard InChI is InChI=1S/C19H22N2O3/c1-21(2)19(22)15-4-6-16(20-11-15)9-13-8-14-5-7-17(23-3)10-18(14)24-12-13/h4-7,10-11,13H,8-9,12H2,1-3H3. The number of pyridine rings is 1. The number of aromatic nitrogens is 1. The molecule has 2 heterocycles. The first kappa shape index (κ1) is 16.3. The van der Waals surface area contributed by atoms with E-state index < -0.39 is 0 Å². The number of carbonyl (C=O) groups excluding carboxylic acids is 1. The highest BCUT2D eigenvalue weighted by molar-refractivity contribution is 5.93. The van der Waals surface area contributed by atoms with Gasteiger partial charge in [-0.1, -0.05) is 6.07 Å². The summed E-state index contributed by atoms with van der Waals surface area (Å²) in [4.78, 5) is 17.9. The highest BCUT2D eigenvalue weighted by Crippen LogP contribution is 2.31. The lowest BCUT2D eigenvalue weighted by molar-refractivity contribution is 0.0827. The van der Waals surface area contributed by atoms with Gasteiger partial charge in [0.25, 0.3) is 5.91 Å². The largest absolute Gasteiger partial charge is 0.497 e. The van der Waals surface area contributed by atoms with Crippen LogP contribution in [0, 0.1) is 5.92 Å². The number of methoxy groups -OCH3 is 1. The van der Waals surface area contributed by atoms with Crippen LogP contribution in [0.2, 0.25) is 0 Å². The molecule has 0 saturated carbocycles. The molecular weight excluding hydrogens is 304 g/mol. The summed E-state index contributed by atoms with van der Waals surface area (Å²) < 4.78 is 11.1. The molecule has 24 heavy (non-hydrogen) atoms. The van der Waals surface area contributed by atoms with Gasteiger partial charge in [0.1, 0.15) is 11.5 Å². The minimum Gasteiger partial charge on any atom is -0.497 e. The van der Waals surface area contributed by atoms with Crippen LogP contribution in [0.5, 0.6) is 11.5 Å². The van der Waals surface area contributed by atoms with Crippen molar-refractivity contribution >= 4 is 5.91 Å². The number of carbonyl (C=O) groups is 1. The van der Waals surface area contributed by atoms with Crippen LogP contribution < -0.4 is 9.47 Å². The van der Waals surface area contributed by atoms with E-state index >= 15 is 0 Å². The Hall–Kier alpha value is -2.56. The summed E-state index contributed by atoms with van der Waals surface area (Å²) in [5.74, 6) is 2.08. The van der Waals surface area contributed by atoms with Crippen molar-refractivity contribution in [3.63, 3.8) is 0 Å². The molecule has 2 aromatic rings. The van der Waals surface area contributed by atoms with E-state index in [0.29, 0.717) is 18.1 Å². The van der Waals surface area contributed by atoms with Crippen molar-refractivity contribution in [2.45, 2.75) is 12.8 Å². The number of rotatable bonds is 4. The molecule has 0 bridgehead atoms. The Kier molecular flexibility index (Phi) is 4.69. The molecule has 0 N–H and O–H groups in total. The van der Waals surface area contributed by atoms with E-state index in [0.717, 1.165) is 30.0 Å². The van der Waals surface area contributed by atoms with Crippen molar-refractivity contribution in [3.8, 4) is 11.5 Å². The number of ether oxygens (including phenoxy) is 2. The fourth-order valence-corrected chi connectivity index (χ4v) is 2.90. The summed E-state index contributed by atoms with van der Waals surface area (Å²) >= 11 is 0. The molecule has 126 valence electrons. The van der Waals surface area contributed by atoms with E-state index in [1.807, 2.05) is 24.3 Å². The van der Waals surface area contributed by atoms with Crippen LogP contribution >= 0.6 is 0 Å². The molecule has 0 aliphatic carbocycles. The molecule has 0 spiro atoms. The fraction of sp³-hybridized carbons (Fsp3) is 0.368. The van der Waals surface area contributed by atoms with Crippen LogP contribution in [0.3, 0.4) is 0 Å². The zero-order chi connectivity index (χ0) is 17.1. The molecule has 1 aromatic carbocycles. The second-order valence-corrected chi connectivity index (χ2v) is 6.30. The van der Waals surface area contributed by atoms with Gasteiger partial charge in [-0.05, 0) is 36.6 Å². The van der Waals surface area contributed by atoms with Crippen LogP contribution in [0.1, 0.15) is 21.6 Å². The smallest absolute Gasteiger partial charge is 0.254 e. The van der Waals surface area contributed by atoms with E-state index in [1.165, 1.54) is 5.56 Å². The SMILES string of the molecule is COc1ccc2c(c1)OCC(Cc1ccc(C(=O)N(C)C)cn1)C2. The lowest BCUT2D eigenvalue weighted by Crippen LogP contribution is -2.24. The summed E-state index contributed by atoms with van der Waals surface area (Å²) in [5, 5.41) is 0. The topological polar surface area (TPSA) is 51.7 Å². The number of amides is 1. The van der Waals surface area contributed by atoms with Gasteiger partial charge in [0.15, 0.2) is 0 Å². The summed E-state index contributed by atoms with van der Waals surface area (Å²) in [7, 11) is 5.13. The predicted molar refractivity (Wildman–Crippen MR) is 91.6 cm³/mol. The molecular formula is C19H22N2O3. The van der Waals surface area contributed by atoms with Gasteiger partial charge in [-0.15, -0.1) is 0 Å². The second kappa shape index (κ2) is 6.91. The third-order valence-electron chi connectivity index (χ3n) is 4.23. The fourth-order valence-electron chi connectivity index (χ4n) is 2.90. The van der Waals surface area contributed by atoms with Crippen LogP contribution in [0.4, 0.5) is 0 Å². The lowest BCUT2D eigenvalue weighted by Gasteiger charge is -2.25. The molecule has 1 aromatic heterocycles. The monoisotopic (exact) mass is 326 g/mol.